The first-order valence-electron chi connectivity index (χ1n) is 6.89. The molecular formula is C16H19BrN2O4. The van der Waals surface area contributed by atoms with Crippen LogP contribution in [0.25, 0.3) is 0 Å². The number of ether oxygens (including phenoxy) is 1. The van der Waals surface area contributed by atoms with Gasteiger partial charge in [-0.2, -0.15) is 5.10 Å². The summed E-state index contributed by atoms with van der Waals surface area (Å²) in [6.07, 6.45) is -0.212. The normalized spacial score (nSPS) is 11.8. The molecule has 6 nitrogen and oxygen atoms in total. The van der Waals surface area contributed by atoms with Crippen molar-refractivity contribution < 1.29 is 19.1 Å². The number of nitrogens with zero attached hydrogens (tertiary/aromatic N) is 1. The van der Waals surface area contributed by atoms with Gasteiger partial charge >= 0.3 is 5.97 Å². The monoisotopic (exact) mass is 382 g/mol. The third kappa shape index (κ3) is 5.94. The molecule has 1 aromatic carbocycles. The summed E-state index contributed by atoms with van der Waals surface area (Å²) >= 11 is 3.27. The quantitative estimate of drug-likeness (QED) is 0.481. The first-order chi connectivity index (χ1) is 10.6. The van der Waals surface area contributed by atoms with Gasteiger partial charge in [0, 0.05) is 15.5 Å². The number of hydrogen-bond acceptors (Lipinski definition) is 5. The van der Waals surface area contributed by atoms with Crippen LogP contribution in [-0.4, -0.2) is 30.5 Å². The predicted molar refractivity (Wildman–Crippen MR) is 90.1 cm³/mol. The van der Waals surface area contributed by atoms with Gasteiger partial charge in [-0.3, -0.25) is 9.59 Å². The largest absolute Gasteiger partial charge is 0.464 e. The van der Waals surface area contributed by atoms with E-state index in [-0.39, 0.29) is 17.9 Å². The molecule has 0 saturated heterocycles. The first-order valence-corrected chi connectivity index (χ1v) is 7.68. The number of hydrazone groups is 1. The van der Waals surface area contributed by atoms with Crippen LogP contribution in [-0.2, 0) is 14.3 Å². The number of nitrogens with one attached hydrogen (secondary N) is 1. The molecule has 0 heterocycles. The van der Waals surface area contributed by atoms with E-state index in [4.69, 9.17) is 0 Å². The minimum atomic E-state index is -0.751. The number of halogens is 1. The highest BCUT2D eigenvalue weighted by atomic mass is 79.9. The van der Waals surface area contributed by atoms with Crippen LogP contribution in [0.3, 0.4) is 0 Å². The summed E-state index contributed by atoms with van der Waals surface area (Å²) in [5, 5.41) is 3.76. The Kier molecular flexibility index (Phi) is 6.62. The highest BCUT2D eigenvalue weighted by Crippen LogP contribution is 2.17. The molecule has 7 heteroatoms. The maximum atomic E-state index is 12.0. The molecule has 23 heavy (non-hydrogen) atoms. The summed E-state index contributed by atoms with van der Waals surface area (Å²) in [7, 11) is 1.19. The van der Waals surface area contributed by atoms with E-state index in [0.717, 1.165) is 4.47 Å². The molecule has 124 valence electrons. The lowest BCUT2D eigenvalue weighted by Crippen LogP contribution is -2.30. The molecule has 1 aromatic rings. The van der Waals surface area contributed by atoms with Crippen LogP contribution in [0.2, 0.25) is 0 Å². The van der Waals surface area contributed by atoms with Crippen molar-refractivity contribution in [3.8, 4) is 0 Å². The molecule has 0 aliphatic carbocycles. The van der Waals surface area contributed by atoms with Crippen LogP contribution in [0.15, 0.2) is 33.8 Å². The molecule has 0 bridgehead atoms. The average molecular weight is 383 g/mol. The number of rotatable bonds is 5. The zero-order valence-electron chi connectivity index (χ0n) is 13.5. The summed E-state index contributed by atoms with van der Waals surface area (Å²) in [5.74, 6) is -1.42. The summed E-state index contributed by atoms with van der Waals surface area (Å²) in [6.45, 7) is 5.22. The van der Waals surface area contributed by atoms with Gasteiger partial charge in [-0.05, 0) is 24.3 Å². The topological polar surface area (TPSA) is 84.8 Å². The Balaban J connectivity index is 2.88. The molecule has 0 aliphatic heterocycles. The smallest absolute Gasteiger partial charge is 0.354 e. The second kappa shape index (κ2) is 8.01. The molecule has 0 atom stereocenters. The van der Waals surface area contributed by atoms with Crippen molar-refractivity contribution in [1.29, 1.82) is 0 Å². The second-order valence-corrected chi connectivity index (χ2v) is 6.76. The molecular weight excluding hydrogens is 364 g/mol. The van der Waals surface area contributed by atoms with Crippen molar-refractivity contribution in [2.24, 2.45) is 10.5 Å². The van der Waals surface area contributed by atoms with E-state index in [1.807, 2.05) is 0 Å². The van der Waals surface area contributed by atoms with Crippen molar-refractivity contribution in [1.82, 2.24) is 5.43 Å². The summed E-state index contributed by atoms with van der Waals surface area (Å²) in [5.41, 5.74) is 1.89. The number of hydrogen-bond donors (Lipinski definition) is 1. The van der Waals surface area contributed by atoms with Gasteiger partial charge in [0.15, 0.2) is 5.71 Å². The molecule has 0 saturated carbocycles. The number of Topliss-reactive ketones (excluding diaryl/α,β-unsaturated/α-hetero) is 1. The highest BCUT2D eigenvalue weighted by Gasteiger charge is 2.26. The lowest BCUT2D eigenvalue weighted by molar-refractivity contribution is -0.134. The Labute approximate surface area is 143 Å². The van der Waals surface area contributed by atoms with E-state index in [2.05, 4.69) is 31.2 Å². The Morgan fingerprint density at radius 1 is 1.17 bits per heavy atom. The van der Waals surface area contributed by atoms with Crippen LogP contribution in [0.1, 0.15) is 37.6 Å². The molecule has 0 aromatic heterocycles. The zero-order valence-corrected chi connectivity index (χ0v) is 15.1. The highest BCUT2D eigenvalue weighted by molar-refractivity contribution is 9.10. The minimum Gasteiger partial charge on any atom is -0.464 e. The van der Waals surface area contributed by atoms with E-state index in [1.165, 1.54) is 7.11 Å². The molecule has 0 spiro atoms. The fourth-order valence-electron chi connectivity index (χ4n) is 1.48. The van der Waals surface area contributed by atoms with E-state index in [0.29, 0.717) is 5.56 Å². The van der Waals surface area contributed by atoms with Crippen molar-refractivity contribution >= 4 is 39.3 Å². The molecule has 0 unspecified atom stereocenters. The van der Waals surface area contributed by atoms with Gasteiger partial charge in [-0.1, -0.05) is 36.7 Å². The van der Waals surface area contributed by atoms with Gasteiger partial charge in [0.25, 0.3) is 5.91 Å². The van der Waals surface area contributed by atoms with Crippen LogP contribution in [0.4, 0.5) is 0 Å². The molecule has 0 fully saturated rings. The van der Waals surface area contributed by atoms with Crippen LogP contribution in [0, 0.1) is 5.41 Å². The lowest BCUT2D eigenvalue weighted by Gasteiger charge is -2.16. The Hall–Kier alpha value is -2.02. The van der Waals surface area contributed by atoms with Crippen molar-refractivity contribution in [3.05, 3.63) is 34.3 Å². The predicted octanol–water partition coefficient (Wildman–Crippen LogP) is 2.71. The van der Waals surface area contributed by atoms with Crippen molar-refractivity contribution in [3.63, 3.8) is 0 Å². The maximum Gasteiger partial charge on any atom is 0.354 e. The second-order valence-electron chi connectivity index (χ2n) is 5.85. The summed E-state index contributed by atoms with van der Waals surface area (Å²) < 4.78 is 5.44. The molecule has 1 amide bonds. The van der Waals surface area contributed by atoms with Gasteiger partial charge in [0.2, 0.25) is 0 Å². The van der Waals surface area contributed by atoms with Gasteiger partial charge in [0.1, 0.15) is 5.78 Å². The Morgan fingerprint density at radius 2 is 1.74 bits per heavy atom. The fourth-order valence-corrected chi connectivity index (χ4v) is 1.74. The number of amides is 1. The van der Waals surface area contributed by atoms with Crippen LogP contribution in [0.5, 0.6) is 0 Å². The number of ketones is 1. The van der Waals surface area contributed by atoms with Crippen molar-refractivity contribution in [2.75, 3.05) is 7.11 Å². The third-order valence-electron chi connectivity index (χ3n) is 2.98. The number of benzene rings is 1. The third-order valence-corrected chi connectivity index (χ3v) is 3.51. The summed E-state index contributed by atoms with van der Waals surface area (Å²) in [4.78, 5) is 35.7. The van der Waals surface area contributed by atoms with Gasteiger partial charge in [-0.25, -0.2) is 10.2 Å². The molecule has 1 rings (SSSR count). The lowest BCUT2D eigenvalue weighted by atomic mass is 9.88. The van der Waals surface area contributed by atoms with Gasteiger partial charge in [0.05, 0.1) is 13.5 Å². The standard InChI is InChI=1S/C16H19BrN2O4/c1-16(2,3)13(20)9-12(15(22)23-4)18-19-14(21)10-5-7-11(17)8-6-10/h5-8H,9H2,1-4H3,(H,19,21). The van der Waals surface area contributed by atoms with Crippen LogP contribution < -0.4 is 5.43 Å². The van der Waals surface area contributed by atoms with Crippen molar-refractivity contribution in [2.45, 2.75) is 27.2 Å². The number of carbonyl (C=O) groups excluding carboxylic acids is 3. The SMILES string of the molecule is COC(=O)C(CC(=O)C(C)(C)C)=NNC(=O)c1ccc(Br)cc1. The Bertz CT molecular complexity index is 630. The fraction of sp³-hybridized carbons (Fsp3) is 0.375. The molecule has 0 aliphatic rings. The Morgan fingerprint density at radius 3 is 2.22 bits per heavy atom. The minimum absolute atomic E-state index is 0.141. The van der Waals surface area contributed by atoms with Gasteiger partial charge in [-0.15, -0.1) is 0 Å². The van der Waals surface area contributed by atoms with E-state index >= 15 is 0 Å². The molecule has 1 N–H and O–H groups in total. The van der Waals surface area contributed by atoms with Crippen LogP contribution >= 0.6 is 15.9 Å². The summed E-state index contributed by atoms with van der Waals surface area (Å²) in [6, 6.07) is 6.63. The zero-order chi connectivity index (χ0) is 17.6. The van der Waals surface area contributed by atoms with E-state index < -0.39 is 17.3 Å². The number of methoxy groups -OCH3 is 1. The maximum absolute atomic E-state index is 12.0. The average Bonchev–Trinajstić information content (AvgIpc) is 2.49. The number of carbonyl (C=O) groups is 3. The van der Waals surface area contributed by atoms with E-state index in [1.54, 1.807) is 45.0 Å². The van der Waals surface area contributed by atoms with E-state index in [9.17, 15) is 14.4 Å². The van der Waals surface area contributed by atoms with Gasteiger partial charge < -0.3 is 4.74 Å². The number of esters is 1. The first kappa shape index (κ1) is 19.0. The molecule has 0 radical (unpaired) electrons.